The minimum Gasteiger partial charge on any atom is -0.357 e. The Labute approximate surface area is 148 Å². The summed E-state index contributed by atoms with van der Waals surface area (Å²) in [6.45, 7) is 17.4. The van der Waals surface area contributed by atoms with Crippen LogP contribution in [0.4, 0.5) is 0 Å². The molecule has 21 heavy (non-hydrogen) atoms. The van der Waals surface area contributed by atoms with Gasteiger partial charge in [-0.2, -0.15) is 0 Å². The van der Waals surface area contributed by atoms with Gasteiger partial charge in [0.1, 0.15) is 0 Å². The van der Waals surface area contributed by atoms with Crippen LogP contribution in [0, 0.1) is 5.92 Å². The zero-order valence-electron chi connectivity index (χ0n) is 14.7. The van der Waals surface area contributed by atoms with Gasteiger partial charge in [0.05, 0.1) is 6.54 Å². The molecule has 1 rings (SSSR count). The average Bonchev–Trinajstić information content (AvgIpc) is 2.71. The van der Waals surface area contributed by atoms with Gasteiger partial charge in [-0.1, -0.05) is 13.8 Å². The molecule has 0 aromatic rings. The summed E-state index contributed by atoms with van der Waals surface area (Å²) in [4.78, 5) is 7.40. The van der Waals surface area contributed by atoms with Crippen molar-refractivity contribution in [1.29, 1.82) is 0 Å². The van der Waals surface area contributed by atoms with Gasteiger partial charge in [-0.25, -0.2) is 0 Å². The number of aliphatic imine (C=N–C) groups is 1. The Bertz CT molecular complexity index is 310. The van der Waals surface area contributed by atoms with Gasteiger partial charge in [0.15, 0.2) is 5.96 Å². The normalized spacial score (nSPS) is 20.5. The van der Waals surface area contributed by atoms with E-state index in [4.69, 9.17) is 4.99 Å². The minimum atomic E-state index is 0. The van der Waals surface area contributed by atoms with Gasteiger partial charge in [0.25, 0.3) is 0 Å². The first-order chi connectivity index (χ1) is 9.31. The lowest BCUT2D eigenvalue weighted by molar-refractivity contribution is 0.231. The molecule has 4 nitrogen and oxygen atoms in total. The third kappa shape index (κ3) is 8.86. The second-order valence-corrected chi connectivity index (χ2v) is 7.28. The fourth-order valence-electron chi connectivity index (χ4n) is 2.67. The van der Waals surface area contributed by atoms with E-state index in [0.717, 1.165) is 25.0 Å². The van der Waals surface area contributed by atoms with Crippen LogP contribution in [-0.2, 0) is 0 Å². The lowest BCUT2D eigenvalue weighted by Gasteiger charge is -2.27. The average molecular weight is 410 g/mol. The molecule has 0 amide bonds. The molecule has 1 aliphatic rings. The van der Waals surface area contributed by atoms with E-state index in [2.05, 4.69) is 57.1 Å². The van der Waals surface area contributed by atoms with E-state index < -0.39 is 0 Å². The summed E-state index contributed by atoms with van der Waals surface area (Å²) in [7, 11) is 0. The molecule has 2 N–H and O–H groups in total. The van der Waals surface area contributed by atoms with Gasteiger partial charge in [0, 0.05) is 24.7 Å². The van der Waals surface area contributed by atoms with Crippen LogP contribution in [0.25, 0.3) is 0 Å². The number of nitrogens with zero attached hydrogens (tertiary/aromatic N) is 2. The Morgan fingerprint density at radius 2 is 2.00 bits per heavy atom. The van der Waals surface area contributed by atoms with E-state index in [1.165, 1.54) is 25.9 Å². The maximum absolute atomic E-state index is 4.79. The maximum Gasteiger partial charge on any atom is 0.191 e. The van der Waals surface area contributed by atoms with Crippen LogP contribution in [0.15, 0.2) is 4.99 Å². The Kier molecular flexibility index (Phi) is 9.85. The van der Waals surface area contributed by atoms with E-state index in [9.17, 15) is 0 Å². The molecule has 0 bridgehead atoms. The van der Waals surface area contributed by atoms with Crippen molar-refractivity contribution in [2.24, 2.45) is 10.9 Å². The standard InChI is InChI=1S/C16H34N4.HI/c1-7-17-15(19-16(4,5)6)18-11-14-9-8-10-20(14)12-13(2)3;/h13-14H,7-12H2,1-6H3,(H2,17,18,19);1H/t14-;/m1./s1. The number of nitrogens with one attached hydrogen (secondary N) is 2. The highest BCUT2D eigenvalue weighted by Gasteiger charge is 2.24. The number of hydrogen-bond acceptors (Lipinski definition) is 2. The van der Waals surface area contributed by atoms with E-state index >= 15 is 0 Å². The topological polar surface area (TPSA) is 39.7 Å². The molecule has 0 unspecified atom stereocenters. The Balaban J connectivity index is 0.00000400. The van der Waals surface area contributed by atoms with Crippen molar-refractivity contribution in [1.82, 2.24) is 15.5 Å². The van der Waals surface area contributed by atoms with Crippen molar-refractivity contribution >= 4 is 29.9 Å². The third-order valence-electron chi connectivity index (χ3n) is 3.40. The molecule has 0 aromatic heterocycles. The van der Waals surface area contributed by atoms with Gasteiger partial charge >= 0.3 is 0 Å². The molecule has 0 aromatic carbocycles. The smallest absolute Gasteiger partial charge is 0.191 e. The lowest BCUT2D eigenvalue weighted by Crippen LogP contribution is -2.48. The SMILES string of the molecule is CCNC(=NC[C@H]1CCCN1CC(C)C)NC(C)(C)C.I. The van der Waals surface area contributed by atoms with Crippen LogP contribution < -0.4 is 10.6 Å². The number of hydrogen-bond donors (Lipinski definition) is 2. The Morgan fingerprint density at radius 3 is 2.52 bits per heavy atom. The molecule has 126 valence electrons. The third-order valence-corrected chi connectivity index (χ3v) is 3.40. The summed E-state index contributed by atoms with van der Waals surface area (Å²) in [5, 5.41) is 6.80. The Morgan fingerprint density at radius 1 is 1.33 bits per heavy atom. The monoisotopic (exact) mass is 410 g/mol. The predicted octanol–water partition coefficient (Wildman–Crippen LogP) is 3.08. The van der Waals surface area contributed by atoms with Gasteiger partial charge in [-0.3, -0.25) is 9.89 Å². The second-order valence-electron chi connectivity index (χ2n) is 7.28. The van der Waals surface area contributed by atoms with Crippen molar-refractivity contribution in [3.05, 3.63) is 0 Å². The van der Waals surface area contributed by atoms with Crippen LogP contribution in [0.2, 0.25) is 0 Å². The van der Waals surface area contributed by atoms with E-state index in [0.29, 0.717) is 6.04 Å². The molecule has 0 aliphatic carbocycles. The molecule has 1 atom stereocenters. The molecule has 0 spiro atoms. The summed E-state index contributed by atoms with van der Waals surface area (Å²) in [6, 6.07) is 0.618. The largest absolute Gasteiger partial charge is 0.357 e. The maximum atomic E-state index is 4.79. The first-order valence-electron chi connectivity index (χ1n) is 8.12. The van der Waals surface area contributed by atoms with Crippen LogP contribution in [0.1, 0.15) is 54.4 Å². The number of likely N-dealkylation sites (tertiary alicyclic amines) is 1. The molecule has 1 fully saturated rings. The van der Waals surface area contributed by atoms with E-state index in [1.807, 2.05) is 0 Å². The van der Waals surface area contributed by atoms with Crippen molar-refractivity contribution in [3.63, 3.8) is 0 Å². The summed E-state index contributed by atoms with van der Waals surface area (Å²) in [6.07, 6.45) is 2.60. The molecule has 1 aliphatic heterocycles. The number of halogens is 1. The summed E-state index contributed by atoms with van der Waals surface area (Å²) < 4.78 is 0. The van der Waals surface area contributed by atoms with Crippen LogP contribution in [-0.4, -0.2) is 48.6 Å². The number of rotatable bonds is 5. The Hall–Kier alpha value is -0.0400. The van der Waals surface area contributed by atoms with Gasteiger partial charge in [-0.05, 0) is 53.0 Å². The zero-order chi connectivity index (χ0) is 15.2. The molecular weight excluding hydrogens is 375 g/mol. The fraction of sp³-hybridized carbons (Fsp3) is 0.938. The van der Waals surface area contributed by atoms with Crippen LogP contribution >= 0.6 is 24.0 Å². The highest BCUT2D eigenvalue weighted by molar-refractivity contribution is 14.0. The quantitative estimate of drug-likeness (QED) is 0.416. The van der Waals surface area contributed by atoms with Gasteiger partial charge < -0.3 is 10.6 Å². The van der Waals surface area contributed by atoms with Gasteiger partial charge in [0.2, 0.25) is 0 Å². The molecule has 0 radical (unpaired) electrons. The molecular formula is C16H35IN4. The first kappa shape index (κ1) is 21.0. The molecule has 0 saturated carbocycles. The van der Waals surface area contributed by atoms with E-state index in [1.54, 1.807) is 0 Å². The van der Waals surface area contributed by atoms with Gasteiger partial charge in [-0.15, -0.1) is 24.0 Å². The molecule has 1 saturated heterocycles. The van der Waals surface area contributed by atoms with Crippen molar-refractivity contribution in [2.45, 2.75) is 66.0 Å². The zero-order valence-corrected chi connectivity index (χ0v) is 17.0. The highest BCUT2D eigenvalue weighted by atomic mass is 127. The van der Waals surface area contributed by atoms with Crippen LogP contribution in [0.3, 0.4) is 0 Å². The van der Waals surface area contributed by atoms with Crippen LogP contribution in [0.5, 0.6) is 0 Å². The highest BCUT2D eigenvalue weighted by Crippen LogP contribution is 2.18. The lowest BCUT2D eigenvalue weighted by atomic mass is 10.1. The summed E-state index contributed by atoms with van der Waals surface area (Å²) in [5.74, 6) is 1.68. The second kappa shape index (κ2) is 9.87. The first-order valence-corrected chi connectivity index (χ1v) is 8.12. The summed E-state index contributed by atoms with van der Waals surface area (Å²) in [5.41, 5.74) is 0.0499. The fourth-order valence-corrected chi connectivity index (χ4v) is 2.67. The minimum absolute atomic E-state index is 0. The molecule has 1 heterocycles. The van der Waals surface area contributed by atoms with Crippen molar-refractivity contribution < 1.29 is 0 Å². The molecule has 5 heteroatoms. The van der Waals surface area contributed by atoms with Crippen molar-refractivity contribution in [2.75, 3.05) is 26.2 Å². The summed E-state index contributed by atoms with van der Waals surface area (Å²) >= 11 is 0. The predicted molar refractivity (Wildman–Crippen MR) is 104 cm³/mol. The van der Waals surface area contributed by atoms with Crippen molar-refractivity contribution in [3.8, 4) is 0 Å². The van der Waals surface area contributed by atoms with E-state index in [-0.39, 0.29) is 29.5 Å². The number of guanidine groups is 1.